The summed E-state index contributed by atoms with van der Waals surface area (Å²) in [5, 5.41) is 9.27. The average Bonchev–Trinajstić information content (AvgIpc) is 3.18. The van der Waals surface area contributed by atoms with Crippen LogP contribution in [0.15, 0.2) is 47.6 Å². The molecule has 142 valence electrons. The molecule has 0 spiro atoms. The second kappa shape index (κ2) is 7.40. The quantitative estimate of drug-likeness (QED) is 0.413. The molecule has 0 amide bonds. The van der Waals surface area contributed by atoms with E-state index in [9.17, 15) is 13.2 Å². The minimum atomic E-state index is -2.92. The Balaban J connectivity index is 1.46. The summed E-state index contributed by atoms with van der Waals surface area (Å²) in [5.74, 6) is 1.37. The zero-order chi connectivity index (χ0) is 19.0. The number of nitrogens with zero attached hydrogens (tertiary/aromatic N) is 2. The fraction of sp³-hybridized carbons (Fsp3) is 0.353. The molecule has 0 aliphatic carbocycles. The lowest BCUT2D eigenvalue weighted by atomic mass is 10.1. The smallest absolute Gasteiger partial charge is 0.336 e. The first-order valence-electron chi connectivity index (χ1n) is 8.26. The third-order valence-electron chi connectivity index (χ3n) is 4.38. The fourth-order valence-electron chi connectivity index (χ4n) is 3.12. The lowest BCUT2D eigenvalue weighted by Gasteiger charge is -2.04. The van der Waals surface area contributed by atoms with Crippen LogP contribution in [-0.4, -0.2) is 30.1 Å². The summed E-state index contributed by atoms with van der Waals surface area (Å²) < 4.78 is 34.8. The summed E-state index contributed by atoms with van der Waals surface area (Å²) in [6.45, 7) is 0. The first-order chi connectivity index (χ1) is 12.9. The summed E-state index contributed by atoms with van der Waals surface area (Å²) in [6, 6.07) is 6.99. The van der Waals surface area contributed by atoms with Gasteiger partial charge in [-0.05, 0) is 36.1 Å². The molecule has 10 heteroatoms. The highest BCUT2D eigenvalue weighted by atomic mass is 79.9. The largest absolute Gasteiger partial charge is 0.423 e. The van der Waals surface area contributed by atoms with Crippen molar-refractivity contribution >= 4 is 48.5 Å². The van der Waals surface area contributed by atoms with Crippen molar-refractivity contribution in [2.75, 3.05) is 11.5 Å². The van der Waals surface area contributed by atoms with Crippen molar-refractivity contribution in [2.45, 2.75) is 23.8 Å². The Hall–Kier alpha value is -1.65. The first-order valence-corrected chi connectivity index (χ1v) is 11.9. The Morgan fingerprint density at radius 3 is 2.85 bits per heavy atom. The van der Waals surface area contributed by atoms with Gasteiger partial charge in [-0.3, -0.25) is 0 Å². The predicted octanol–water partition coefficient (Wildman–Crippen LogP) is 3.21. The van der Waals surface area contributed by atoms with Gasteiger partial charge in [-0.15, -0.1) is 10.2 Å². The van der Waals surface area contributed by atoms with E-state index in [1.807, 2.05) is 12.1 Å². The van der Waals surface area contributed by atoms with Crippen LogP contribution in [0.2, 0.25) is 0 Å². The van der Waals surface area contributed by atoms with Crippen LogP contribution in [0.4, 0.5) is 0 Å². The molecule has 1 unspecified atom stereocenters. The highest BCUT2D eigenvalue weighted by Gasteiger charge is 2.29. The van der Waals surface area contributed by atoms with E-state index in [4.69, 9.17) is 8.83 Å². The van der Waals surface area contributed by atoms with Crippen molar-refractivity contribution < 1.29 is 17.3 Å². The molecule has 7 nitrogen and oxygen atoms in total. The number of thioether (sulfide) groups is 1. The van der Waals surface area contributed by atoms with Crippen molar-refractivity contribution in [2.24, 2.45) is 5.92 Å². The molecule has 0 N–H and O–H groups in total. The van der Waals surface area contributed by atoms with Crippen molar-refractivity contribution in [3.63, 3.8) is 0 Å². The van der Waals surface area contributed by atoms with Gasteiger partial charge in [-0.25, -0.2) is 13.2 Å². The van der Waals surface area contributed by atoms with Gasteiger partial charge in [0.05, 0.1) is 11.5 Å². The zero-order valence-electron chi connectivity index (χ0n) is 14.1. The van der Waals surface area contributed by atoms with E-state index < -0.39 is 15.5 Å². The summed E-state index contributed by atoms with van der Waals surface area (Å²) >= 11 is 4.69. The van der Waals surface area contributed by atoms with E-state index in [0.29, 0.717) is 35.3 Å². The Morgan fingerprint density at radius 1 is 1.22 bits per heavy atom. The van der Waals surface area contributed by atoms with Gasteiger partial charge in [0.25, 0.3) is 5.22 Å². The topological polar surface area (TPSA) is 103 Å². The Bertz CT molecular complexity index is 1160. The fourth-order valence-corrected chi connectivity index (χ4v) is 6.10. The average molecular weight is 471 g/mol. The number of fused-ring (bicyclic) bond motifs is 1. The van der Waals surface area contributed by atoms with Crippen LogP contribution in [0, 0.1) is 5.92 Å². The molecule has 0 saturated carbocycles. The Kier molecular flexibility index (Phi) is 5.13. The maximum absolute atomic E-state index is 11.8. The monoisotopic (exact) mass is 470 g/mol. The summed E-state index contributed by atoms with van der Waals surface area (Å²) in [6.07, 6.45) is 1.10. The van der Waals surface area contributed by atoms with E-state index in [1.165, 1.54) is 17.8 Å². The van der Waals surface area contributed by atoms with E-state index in [0.717, 1.165) is 15.4 Å². The third kappa shape index (κ3) is 4.44. The highest BCUT2D eigenvalue weighted by Crippen LogP contribution is 2.28. The molecule has 1 aliphatic heterocycles. The third-order valence-corrected chi connectivity index (χ3v) is 7.58. The second-order valence-corrected chi connectivity index (χ2v) is 10.5. The summed E-state index contributed by atoms with van der Waals surface area (Å²) in [5.41, 5.74) is 0.923. The molecule has 0 radical (unpaired) electrons. The van der Waals surface area contributed by atoms with Gasteiger partial charge in [0, 0.05) is 28.1 Å². The van der Waals surface area contributed by atoms with Crippen LogP contribution in [-0.2, 0) is 22.0 Å². The minimum Gasteiger partial charge on any atom is -0.423 e. The van der Waals surface area contributed by atoms with Crippen LogP contribution in [0.3, 0.4) is 0 Å². The molecule has 27 heavy (non-hydrogen) atoms. The number of halogens is 1. The Morgan fingerprint density at radius 2 is 2.07 bits per heavy atom. The normalized spacial score (nSPS) is 18.9. The Labute approximate surface area is 167 Å². The number of hydrogen-bond acceptors (Lipinski definition) is 8. The maximum Gasteiger partial charge on any atom is 0.336 e. The van der Waals surface area contributed by atoms with Crippen molar-refractivity contribution in [1.82, 2.24) is 10.2 Å². The molecule has 2 aromatic heterocycles. The molecular weight excluding hydrogens is 456 g/mol. The molecule has 3 aromatic rings. The molecule has 3 heterocycles. The van der Waals surface area contributed by atoms with Gasteiger partial charge in [-0.1, -0.05) is 27.7 Å². The second-order valence-electron chi connectivity index (χ2n) is 6.45. The SMILES string of the molecule is O=c1cc(CSc2nnc(CC3CCS(=O)(=O)C3)o2)c2ccc(Br)cc2o1. The number of aromatic nitrogens is 2. The maximum atomic E-state index is 11.8. The standard InChI is InChI=1S/C17H15BrN2O5S2/c18-12-1-2-13-11(6-16(21)24-14(13)7-12)8-26-17-20-19-15(25-17)5-10-3-4-27(22,23)9-10/h1-2,6-7,10H,3-5,8-9H2. The van der Waals surface area contributed by atoms with Gasteiger partial charge in [0.15, 0.2) is 9.84 Å². The number of sulfone groups is 1. The van der Waals surface area contributed by atoms with E-state index in [-0.39, 0.29) is 17.4 Å². The van der Waals surface area contributed by atoms with Crippen LogP contribution in [0.1, 0.15) is 17.9 Å². The summed E-state index contributed by atoms with van der Waals surface area (Å²) in [7, 11) is -2.92. The van der Waals surface area contributed by atoms with Gasteiger partial charge in [0.1, 0.15) is 5.58 Å². The molecule has 1 aromatic carbocycles. The highest BCUT2D eigenvalue weighted by molar-refractivity contribution is 9.10. The van der Waals surface area contributed by atoms with Gasteiger partial charge >= 0.3 is 5.63 Å². The molecule has 4 rings (SSSR count). The lowest BCUT2D eigenvalue weighted by Crippen LogP contribution is -2.07. The predicted molar refractivity (Wildman–Crippen MR) is 105 cm³/mol. The van der Waals surface area contributed by atoms with Crippen molar-refractivity contribution in [1.29, 1.82) is 0 Å². The van der Waals surface area contributed by atoms with E-state index in [1.54, 1.807) is 6.07 Å². The first kappa shape index (κ1) is 18.7. The van der Waals surface area contributed by atoms with Crippen LogP contribution < -0.4 is 5.63 Å². The molecule has 1 atom stereocenters. The number of hydrogen-bond donors (Lipinski definition) is 0. The van der Waals surface area contributed by atoms with Crippen LogP contribution in [0.25, 0.3) is 11.0 Å². The van der Waals surface area contributed by atoms with Gasteiger partial charge < -0.3 is 8.83 Å². The number of rotatable bonds is 5. The number of benzene rings is 1. The van der Waals surface area contributed by atoms with Crippen LogP contribution >= 0.6 is 27.7 Å². The molecule has 1 aliphatic rings. The van der Waals surface area contributed by atoms with Crippen molar-refractivity contribution in [3.05, 3.63) is 50.6 Å². The zero-order valence-corrected chi connectivity index (χ0v) is 17.3. The lowest BCUT2D eigenvalue weighted by molar-refractivity contribution is 0.389. The molecule has 1 fully saturated rings. The molecule has 1 saturated heterocycles. The van der Waals surface area contributed by atoms with E-state index in [2.05, 4.69) is 26.1 Å². The van der Waals surface area contributed by atoms with Gasteiger partial charge in [0.2, 0.25) is 5.89 Å². The van der Waals surface area contributed by atoms with Gasteiger partial charge in [-0.2, -0.15) is 0 Å². The van der Waals surface area contributed by atoms with E-state index >= 15 is 0 Å². The molecule has 0 bridgehead atoms. The minimum absolute atomic E-state index is 0.0365. The summed E-state index contributed by atoms with van der Waals surface area (Å²) in [4.78, 5) is 11.8. The molecular formula is C17H15BrN2O5S2. The van der Waals surface area contributed by atoms with Crippen LogP contribution in [0.5, 0.6) is 0 Å². The van der Waals surface area contributed by atoms with Crippen molar-refractivity contribution in [3.8, 4) is 0 Å².